The van der Waals surface area contributed by atoms with Gasteiger partial charge in [0.15, 0.2) is 5.82 Å². The molecule has 0 aromatic carbocycles. The van der Waals surface area contributed by atoms with Gasteiger partial charge in [-0.15, -0.1) is 0 Å². The minimum Gasteiger partial charge on any atom is -0.367 e. The highest BCUT2D eigenvalue weighted by Crippen LogP contribution is 2.32. The van der Waals surface area contributed by atoms with Crippen LogP contribution >= 0.6 is 0 Å². The molecule has 1 fully saturated rings. The fraction of sp³-hybridized carbons (Fsp3) is 0.714. The standard InChI is InChI=1S/C14H23N3O/c1-3-11(15)10-12-6-8-16-13(17-12)14(2)7-4-5-9-18-14/h6,8,11H,3-5,7,9-10,15H2,1-2H3. The summed E-state index contributed by atoms with van der Waals surface area (Å²) < 4.78 is 5.88. The van der Waals surface area contributed by atoms with Crippen LogP contribution in [-0.4, -0.2) is 22.6 Å². The zero-order valence-electron chi connectivity index (χ0n) is 11.4. The topological polar surface area (TPSA) is 61.0 Å². The van der Waals surface area contributed by atoms with Gasteiger partial charge in [-0.1, -0.05) is 6.92 Å². The molecule has 1 aromatic rings. The molecule has 0 radical (unpaired) electrons. The molecular weight excluding hydrogens is 226 g/mol. The van der Waals surface area contributed by atoms with Crippen molar-refractivity contribution in [2.45, 2.75) is 57.6 Å². The van der Waals surface area contributed by atoms with Crippen molar-refractivity contribution in [2.24, 2.45) is 5.73 Å². The summed E-state index contributed by atoms with van der Waals surface area (Å²) in [5.41, 5.74) is 6.68. The van der Waals surface area contributed by atoms with Crippen molar-refractivity contribution in [3.8, 4) is 0 Å². The molecule has 0 bridgehead atoms. The molecule has 4 heteroatoms. The molecule has 2 rings (SSSR count). The van der Waals surface area contributed by atoms with Gasteiger partial charge in [-0.05, 0) is 38.7 Å². The van der Waals surface area contributed by atoms with Crippen molar-refractivity contribution in [3.05, 3.63) is 23.8 Å². The summed E-state index contributed by atoms with van der Waals surface area (Å²) in [6.45, 7) is 4.99. The number of nitrogens with two attached hydrogens (primary N) is 1. The highest BCUT2D eigenvalue weighted by Gasteiger charge is 2.32. The first kappa shape index (κ1) is 13.4. The van der Waals surface area contributed by atoms with Gasteiger partial charge < -0.3 is 10.5 Å². The minimum atomic E-state index is -0.315. The van der Waals surface area contributed by atoms with E-state index in [1.54, 1.807) is 0 Å². The van der Waals surface area contributed by atoms with Crippen LogP contribution in [0.25, 0.3) is 0 Å². The second kappa shape index (κ2) is 5.76. The monoisotopic (exact) mass is 249 g/mol. The van der Waals surface area contributed by atoms with Crippen molar-refractivity contribution in [1.29, 1.82) is 0 Å². The average Bonchev–Trinajstić information content (AvgIpc) is 2.40. The van der Waals surface area contributed by atoms with Crippen LogP contribution in [0.1, 0.15) is 51.0 Å². The van der Waals surface area contributed by atoms with E-state index in [-0.39, 0.29) is 11.6 Å². The third-order valence-electron chi connectivity index (χ3n) is 3.65. The minimum absolute atomic E-state index is 0.174. The molecular formula is C14H23N3O. The molecule has 2 heterocycles. The fourth-order valence-electron chi connectivity index (χ4n) is 2.29. The number of hydrogen-bond acceptors (Lipinski definition) is 4. The van der Waals surface area contributed by atoms with Crippen LogP contribution in [0.3, 0.4) is 0 Å². The molecule has 1 aromatic heterocycles. The normalized spacial score (nSPS) is 25.9. The second-order valence-electron chi connectivity index (χ2n) is 5.28. The highest BCUT2D eigenvalue weighted by molar-refractivity contribution is 5.09. The van der Waals surface area contributed by atoms with E-state index in [9.17, 15) is 0 Å². The van der Waals surface area contributed by atoms with Crippen LogP contribution in [0.15, 0.2) is 12.3 Å². The van der Waals surface area contributed by atoms with Crippen molar-refractivity contribution in [1.82, 2.24) is 9.97 Å². The van der Waals surface area contributed by atoms with Gasteiger partial charge in [0.25, 0.3) is 0 Å². The van der Waals surface area contributed by atoms with Gasteiger partial charge in [-0.2, -0.15) is 0 Å². The fourth-order valence-corrected chi connectivity index (χ4v) is 2.29. The van der Waals surface area contributed by atoms with Gasteiger partial charge in [-0.25, -0.2) is 9.97 Å². The lowest BCUT2D eigenvalue weighted by molar-refractivity contribution is -0.0761. The Hall–Kier alpha value is -1.00. The first-order chi connectivity index (χ1) is 8.64. The lowest BCUT2D eigenvalue weighted by atomic mass is 9.95. The molecule has 2 N–H and O–H groups in total. The van der Waals surface area contributed by atoms with Gasteiger partial charge >= 0.3 is 0 Å². The van der Waals surface area contributed by atoms with Crippen molar-refractivity contribution in [3.63, 3.8) is 0 Å². The van der Waals surface area contributed by atoms with Crippen LogP contribution in [-0.2, 0) is 16.8 Å². The van der Waals surface area contributed by atoms with E-state index in [2.05, 4.69) is 23.8 Å². The quantitative estimate of drug-likeness (QED) is 0.888. The Bertz CT molecular complexity index is 388. The van der Waals surface area contributed by atoms with E-state index in [1.165, 1.54) is 6.42 Å². The second-order valence-corrected chi connectivity index (χ2v) is 5.28. The Kier molecular flexibility index (Phi) is 4.30. The number of nitrogens with zero attached hydrogens (tertiary/aromatic N) is 2. The summed E-state index contributed by atoms with van der Waals surface area (Å²) in [7, 11) is 0. The third-order valence-corrected chi connectivity index (χ3v) is 3.65. The van der Waals surface area contributed by atoms with E-state index < -0.39 is 0 Å². The highest BCUT2D eigenvalue weighted by atomic mass is 16.5. The summed E-state index contributed by atoms with van der Waals surface area (Å²) in [6.07, 6.45) is 6.91. The molecule has 0 spiro atoms. The Balaban J connectivity index is 2.15. The van der Waals surface area contributed by atoms with Crippen LogP contribution in [0.4, 0.5) is 0 Å². The molecule has 0 saturated carbocycles. The van der Waals surface area contributed by atoms with Crippen molar-refractivity contribution >= 4 is 0 Å². The largest absolute Gasteiger partial charge is 0.367 e. The van der Waals surface area contributed by atoms with Gasteiger partial charge in [0, 0.05) is 31.0 Å². The number of aromatic nitrogens is 2. The van der Waals surface area contributed by atoms with E-state index in [4.69, 9.17) is 10.5 Å². The van der Waals surface area contributed by atoms with Crippen LogP contribution < -0.4 is 5.73 Å². The van der Waals surface area contributed by atoms with Crippen LogP contribution in [0.2, 0.25) is 0 Å². The molecule has 0 aliphatic carbocycles. The van der Waals surface area contributed by atoms with E-state index in [1.807, 2.05) is 12.3 Å². The summed E-state index contributed by atoms with van der Waals surface area (Å²) in [5.74, 6) is 0.808. The third kappa shape index (κ3) is 3.06. The van der Waals surface area contributed by atoms with Crippen LogP contribution in [0, 0.1) is 0 Å². The molecule has 1 aliphatic rings. The molecule has 100 valence electrons. The SMILES string of the molecule is CCC(N)Cc1ccnc(C2(C)CCCCO2)n1. The maximum Gasteiger partial charge on any atom is 0.160 e. The Morgan fingerprint density at radius 1 is 1.50 bits per heavy atom. The summed E-state index contributed by atoms with van der Waals surface area (Å²) in [6, 6.07) is 2.12. The average molecular weight is 249 g/mol. The van der Waals surface area contributed by atoms with Gasteiger partial charge in [0.1, 0.15) is 5.60 Å². The molecule has 18 heavy (non-hydrogen) atoms. The van der Waals surface area contributed by atoms with Gasteiger partial charge in [-0.3, -0.25) is 0 Å². The first-order valence-electron chi connectivity index (χ1n) is 6.86. The number of hydrogen-bond donors (Lipinski definition) is 1. The number of rotatable bonds is 4. The predicted octanol–water partition coefficient (Wildman–Crippen LogP) is 2.17. The Labute approximate surface area is 109 Å². The molecule has 0 amide bonds. The summed E-state index contributed by atoms with van der Waals surface area (Å²) >= 11 is 0. The Morgan fingerprint density at radius 3 is 3.00 bits per heavy atom. The first-order valence-corrected chi connectivity index (χ1v) is 6.86. The number of ether oxygens (including phenoxy) is 1. The van der Waals surface area contributed by atoms with Crippen LogP contribution in [0.5, 0.6) is 0 Å². The molecule has 2 unspecified atom stereocenters. The zero-order chi connectivity index (χ0) is 13.0. The lowest BCUT2D eigenvalue weighted by Crippen LogP contribution is -2.33. The molecule has 1 aliphatic heterocycles. The zero-order valence-corrected chi connectivity index (χ0v) is 11.4. The lowest BCUT2D eigenvalue weighted by Gasteiger charge is -2.32. The van der Waals surface area contributed by atoms with E-state index in [0.717, 1.165) is 43.8 Å². The maximum absolute atomic E-state index is 5.97. The van der Waals surface area contributed by atoms with Gasteiger partial charge in [0.05, 0.1) is 0 Å². The van der Waals surface area contributed by atoms with Crippen molar-refractivity contribution < 1.29 is 4.74 Å². The van der Waals surface area contributed by atoms with E-state index in [0.29, 0.717) is 0 Å². The molecule has 2 atom stereocenters. The smallest absolute Gasteiger partial charge is 0.160 e. The Morgan fingerprint density at radius 2 is 2.33 bits per heavy atom. The summed E-state index contributed by atoms with van der Waals surface area (Å²) in [5, 5.41) is 0. The van der Waals surface area contributed by atoms with Gasteiger partial charge in [0.2, 0.25) is 0 Å². The predicted molar refractivity (Wildman–Crippen MR) is 71.2 cm³/mol. The maximum atomic E-state index is 5.97. The summed E-state index contributed by atoms with van der Waals surface area (Å²) in [4.78, 5) is 9.03. The molecule has 1 saturated heterocycles. The van der Waals surface area contributed by atoms with E-state index >= 15 is 0 Å². The molecule has 4 nitrogen and oxygen atoms in total. The van der Waals surface area contributed by atoms with Crippen molar-refractivity contribution in [2.75, 3.05) is 6.61 Å².